The maximum absolute atomic E-state index is 12.2. The molecule has 0 saturated carbocycles. The maximum Gasteiger partial charge on any atom is 0.205 e. The monoisotopic (exact) mass is 278 g/mol. The Kier molecular flexibility index (Phi) is 4.37. The van der Waals surface area contributed by atoms with Gasteiger partial charge in [-0.1, -0.05) is 30.3 Å². The minimum Gasteiger partial charge on any atom is -0.508 e. The molecule has 104 valence electrons. The van der Waals surface area contributed by atoms with Crippen LogP contribution in [0.3, 0.4) is 0 Å². The van der Waals surface area contributed by atoms with E-state index in [2.05, 4.69) is 5.32 Å². The summed E-state index contributed by atoms with van der Waals surface area (Å²) in [5.74, 6) is -0.162. The van der Waals surface area contributed by atoms with Crippen molar-refractivity contribution in [2.45, 2.75) is 6.92 Å². The highest BCUT2D eigenvalue weighted by atomic mass is 16.3. The Bertz CT molecular complexity index is 728. The van der Waals surface area contributed by atoms with Crippen LogP contribution in [0, 0.1) is 18.3 Å². The van der Waals surface area contributed by atoms with Crippen molar-refractivity contribution in [3.63, 3.8) is 0 Å². The summed E-state index contributed by atoms with van der Waals surface area (Å²) in [6.07, 6.45) is 1.38. The Labute approximate surface area is 123 Å². The molecule has 2 N–H and O–H groups in total. The average Bonchev–Trinajstić information content (AvgIpc) is 2.50. The molecule has 2 aromatic rings. The molecule has 2 rings (SSSR count). The predicted molar refractivity (Wildman–Crippen MR) is 80.9 cm³/mol. The summed E-state index contributed by atoms with van der Waals surface area (Å²) in [5, 5.41) is 21.4. The summed E-state index contributed by atoms with van der Waals surface area (Å²) in [6.45, 7) is 1.82. The van der Waals surface area contributed by atoms with E-state index in [1.54, 1.807) is 36.4 Å². The molecule has 0 unspecified atom stereocenters. The SMILES string of the molecule is Cc1cc(O)ccc1N/C=C(\C#N)C(=O)c1ccccc1. The van der Waals surface area contributed by atoms with Gasteiger partial charge in [-0.15, -0.1) is 0 Å². The van der Waals surface area contributed by atoms with Gasteiger partial charge in [0, 0.05) is 17.5 Å². The second-order valence-electron chi connectivity index (χ2n) is 4.51. The maximum atomic E-state index is 12.2. The van der Waals surface area contributed by atoms with Crippen LogP contribution in [0.4, 0.5) is 5.69 Å². The molecule has 0 saturated heterocycles. The van der Waals surface area contributed by atoms with Gasteiger partial charge in [-0.25, -0.2) is 0 Å². The zero-order chi connectivity index (χ0) is 15.2. The van der Waals surface area contributed by atoms with Gasteiger partial charge in [-0.3, -0.25) is 4.79 Å². The number of hydrogen-bond donors (Lipinski definition) is 2. The third-order valence-corrected chi connectivity index (χ3v) is 2.98. The number of nitrogens with one attached hydrogen (secondary N) is 1. The van der Waals surface area contributed by atoms with Crippen molar-refractivity contribution in [2.75, 3.05) is 5.32 Å². The number of phenols is 1. The molecule has 0 radical (unpaired) electrons. The highest BCUT2D eigenvalue weighted by Crippen LogP contribution is 2.20. The van der Waals surface area contributed by atoms with Crippen LogP contribution < -0.4 is 5.32 Å². The van der Waals surface area contributed by atoms with Crippen LogP contribution in [0.1, 0.15) is 15.9 Å². The molecule has 0 aliphatic rings. The van der Waals surface area contributed by atoms with E-state index in [9.17, 15) is 9.90 Å². The lowest BCUT2D eigenvalue weighted by Gasteiger charge is -2.06. The highest BCUT2D eigenvalue weighted by molar-refractivity contribution is 6.11. The van der Waals surface area contributed by atoms with Crippen LogP contribution in [0.15, 0.2) is 60.3 Å². The molecule has 0 amide bonds. The average molecular weight is 278 g/mol. The molecule has 2 aromatic carbocycles. The van der Waals surface area contributed by atoms with E-state index in [-0.39, 0.29) is 17.1 Å². The van der Waals surface area contributed by atoms with Crippen molar-refractivity contribution in [3.05, 3.63) is 71.4 Å². The van der Waals surface area contributed by atoms with E-state index < -0.39 is 0 Å². The van der Waals surface area contributed by atoms with Crippen molar-refractivity contribution >= 4 is 11.5 Å². The Hall–Kier alpha value is -3.06. The molecule has 0 bridgehead atoms. The lowest BCUT2D eigenvalue weighted by atomic mass is 10.1. The van der Waals surface area contributed by atoms with Gasteiger partial charge in [0.2, 0.25) is 5.78 Å². The standard InChI is InChI=1S/C17H14N2O2/c1-12-9-15(20)7-8-16(12)19-11-14(10-18)17(21)13-5-3-2-4-6-13/h2-9,11,19-20H,1H3/b14-11+. The molecule has 4 heteroatoms. The molecule has 0 aromatic heterocycles. The number of nitrogens with zero attached hydrogens (tertiary/aromatic N) is 1. The normalized spacial score (nSPS) is 10.8. The minimum atomic E-state index is -0.331. The Morgan fingerprint density at radius 3 is 2.57 bits per heavy atom. The first-order valence-electron chi connectivity index (χ1n) is 6.38. The highest BCUT2D eigenvalue weighted by Gasteiger charge is 2.11. The molecule has 0 aliphatic carbocycles. The van der Waals surface area contributed by atoms with Crippen molar-refractivity contribution in [2.24, 2.45) is 0 Å². The number of phenolic OH excluding ortho intramolecular Hbond substituents is 1. The van der Waals surface area contributed by atoms with E-state index in [0.29, 0.717) is 5.56 Å². The predicted octanol–water partition coefficient (Wildman–Crippen LogP) is 3.40. The van der Waals surface area contributed by atoms with Crippen LogP contribution in [0.2, 0.25) is 0 Å². The van der Waals surface area contributed by atoms with E-state index in [1.165, 1.54) is 12.3 Å². The molecular formula is C17H14N2O2. The fourth-order valence-corrected chi connectivity index (χ4v) is 1.85. The lowest BCUT2D eigenvalue weighted by molar-refractivity contribution is 0.103. The summed E-state index contributed by atoms with van der Waals surface area (Å²) in [5.41, 5.74) is 2.03. The summed E-state index contributed by atoms with van der Waals surface area (Å²) < 4.78 is 0. The van der Waals surface area contributed by atoms with Gasteiger partial charge in [0.1, 0.15) is 17.4 Å². The van der Waals surface area contributed by atoms with Crippen LogP contribution in [0.5, 0.6) is 5.75 Å². The van der Waals surface area contributed by atoms with Crippen LogP contribution in [-0.2, 0) is 0 Å². The number of hydrogen-bond acceptors (Lipinski definition) is 4. The van der Waals surface area contributed by atoms with Gasteiger partial charge in [0.25, 0.3) is 0 Å². The van der Waals surface area contributed by atoms with Crippen LogP contribution in [0.25, 0.3) is 0 Å². The molecule has 0 atom stereocenters. The molecule has 0 heterocycles. The Morgan fingerprint density at radius 1 is 1.24 bits per heavy atom. The number of nitriles is 1. The van der Waals surface area contributed by atoms with E-state index >= 15 is 0 Å². The molecule has 4 nitrogen and oxygen atoms in total. The number of aryl methyl sites for hydroxylation is 1. The van der Waals surface area contributed by atoms with Gasteiger partial charge in [-0.2, -0.15) is 5.26 Å². The third kappa shape index (κ3) is 3.48. The fraction of sp³-hybridized carbons (Fsp3) is 0.0588. The quantitative estimate of drug-likeness (QED) is 0.389. The number of anilines is 1. The van der Waals surface area contributed by atoms with Crippen molar-refractivity contribution in [1.82, 2.24) is 0 Å². The van der Waals surface area contributed by atoms with Crippen LogP contribution in [-0.4, -0.2) is 10.9 Å². The number of carbonyl (C=O) groups is 1. The number of Topliss-reactive ketones (excluding diaryl/α,β-unsaturated/α-hetero) is 1. The topological polar surface area (TPSA) is 73.1 Å². The van der Waals surface area contributed by atoms with Gasteiger partial charge in [0.05, 0.1) is 0 Å². The van der Waals surface area contributed by atoms with Crippen molar-refractivity contribution in [1.29, 1.82) is 5.26 Å². The molecule has 0 fully saturated rings. The Morgan fingerprint density at radius 2 is 1.95 bits per heavy atom. The first-order chi connectivity index (χ1) is 10.1. The van der Waals surface area contributed by atoms with E-state index in [4.69, 9.17) is 5.26 Å². The summed E-state index contributed by atoms with van der Waals surface area (Å²) in [6, 6.07) is 15.4. The molecule has 0 aliphatic heterocycles. The second-order valence-corrected chi connectivity index (χ2v) is 4.51. The van der Waals surface area contributed by atoms with Gasteiger partial charge in [-0.05, 0) is 30.7 Å². The zero-order valence-corrected chi connectivity index (χ0v) is 11.5. The fourth-order valence-electron chi connectivity index (χ4n) is 1.85. The first-order valence-corrected chi connectivity index (χ1v) is 6.38. The van der Waals surface area contributed by atoms with Crippen LogP contribution >= 0.6 is 0 Å². The number of allylic oxidation sites excluding steroid dienone is 1. The van der Waals surface area contributed by atoms with Crippen molar-refractivity contribution in [3.8, 4) is 11.8 Å². The zero-order valence-electron chi connectivity index (χ0n) is 11.5. The number of aromatic hydroxyl groups is 1. The number of rotatable bonds is 4. The number of benzene rings is 2. The smallest absolute Gasteiger partial charge is 0.205 e. The van der Waals surface area contributed by atoms with Crippen molar-refractivity contribution < 1.29 is 9.90 Å². The third-order valence-electron chi connectivity index (χ3n) is 2.98. The first kappa shape index (κ1) is 14.4. The summed E-state index contributed by atoms with van der Waals surface area (Å²) >= 11 is 0. The van der Waals surface area contributed by atoms with Gasteiger partial charge in [0.15, 0.2) is 0 Å². The van der Waals surface area contributed by atoms with E-state index in [1.807, 2.05) is 19.1 Å². The largest absolute Gasteiger partial charge is 0.508 e. The number of carbonyl (C=O) groups excluding carboxylic acids is 1. The summed E-state index contributed by atoms with van der Waals surface area (Å²) in [4.78, 5) is 12.2. The molecule has 0 spiro atoms. The second kappa shape index (κ2) is 6.40. The summed E-state index contributed by atoms with van der Waals surface area (Å²) in [7, 11) is 0. The number of ketones is 1. The lowest BCUT2D eigenvalue weighted by Crippen LogP contribution is -2.04. The van der Waals surface area contributed by atoms with Gasteiger partial charge < -0.3 is 10.4 Å². The molecule has 21 heavy (non-hydrogen) atoms. The molecular weight excluding hydrogens is 264 g/mol. The Balaban J connectivity index is 2.22. The van der Waals surface area contributed by atoms with E-state index in [0.717, 1.165) is 11.3 Å². The minimum absolute atomic E-state index is 0.0219. The van der Waals surface area contributed by atoms with Gasteiger partial charge >= 0.3 is 0 Å².